The molecular formula is C11H15NOSi. The van der Waals surface area contributed by atoms with Crippen LogP contribution in [0.15, 0.2) is 29.3 Å². The molecule has 0 aliphatic heterocycles. The van der Waals surface area contributed by atoms with Gasteiger partial charge in [0.25, 0.3) is 0 Å². The van der Waals surface area contributed by atoms with Crippen LogP contribution in [-0.2, 0) is 11.2 Å². The van der Waals surface area contributed by atoms with Crippen LogP contribution in [0.4, 0.5) is 5.69 Å². The summed E-state index contributed by atoms with van der Waals surface area (Å²) in [5.41, 5.74) is 2.02. The number of hydrogen-bond donors (Lipinski definition) is 0. The Kier molecular flexibility index (Phi) is 4.90. The van der Waals surface area contributed by atoms with Crippen molar-refractivity contribution in [1.82, 2.24) is 0 Å². The van der Waals surface area contributed by atoms with Crippen LogP contribution in [0.3, 0.4) is 0 Å². The normalized spacial score (nSPS) is 10.4. The summed E-state index contributed by atoms with van der Waals surface area (Å²) in [6.45, 7) is 2.34. The molecule has 0 bridgehead atoms. The molecule has 0 spiro atoms. The standard InChI is InChI=1S/C11H15NOSi/c1-14-8-2-3-10-4-6-11(7-5-10)12-9-13/h4-7H,2-3,8,14H2,1H3. The van der Waals surface area contributed by atoms with E-state index in [0.29, 0.717) is 5.69 Å². The molecule has 1 aromatic rings. The summed E-state index contributed by atoms with van der Waals surface area (Å²) in [6.07, 6.45) is 3.97. The summed E-state index contributed by atoms with van der Waals surface area (Å²) in [4.78, 5) is 13.5. The fraction of sp³-hybridized carbons (Fsp3) is 0.364. The predicted octanol–water partition coefficient (Wildman–Crippen LogP) is 2.22. The number of benzene rings is 1. The van der Waals surface area contributed by atoms with Crippen molar-refractivity contribution in [2.24, 2.45) is 4.99 Å². The lowest BCUT2D eigenvalue weighted by Gasteiger charge is -1.99. The number of hydrogen-bond acceptors (Lipinski definition) is 2. The van der Waals surface area contributed by atoms with Gasteiger partial charge in [-0.05, 0) is 24.1 Å². The number of aryl methyl sites for hydroxylation is 1. The minimum atomic E-state index is 0.212. The lowest BCUT2D eigenvalue weighted by atomic mass is 10.1. The van der Waals surface area contributed by atoms with Crippen molar-refractivity contribution in [2.45, 2.75) is 25.4 Å². The maximum Gasteiger partial charge on any atom is 0.240 e. The van der Waals surface area contributed by atoms with E-state index in [4.69, 9.17) is 0 Å². The van der Waals surface area contributed by atoms with Gasteiger partial charge in [0.2, 0.25) is 6.08 Å². The van der Waals surface area contributed by atoms with Crippen molar-refractivity contribution in [1.29, 1.82) is 0 Å². The molecule has 0 amide bonds. The van der Waals surface area contributed by atoms with Crippen molar-refractivity contribution < 1.29 is 4.79 Å². The Labute approximate surface area is 86.9 Å². The summed E-state index contributed by atoms with van der Waals surface area (Å²) < 4.78 is 0. The largest absolute Gasteiger partial charge is 0.240 e. The first kappa shape index (κ1) is 10.9. The van der Waals surface area contributed by atoms with Gasteiger partial charge >= 0.3 is 0 Å². The van der Waals surface area contributed by atoms with Crippen LogP contribution in [0.1, 0.15) is 12.0 Å². The summed E-state index contributed by atoms with van der Waals surface area (Å²) in [7, 11) is 0.212. The van der Waals surface area contributed by atoms with Gasteiger partial charge in [-0.2, -0.15) is 4.99 Å². The van der Waals surface area contributed by atoms with E-state index >= 15 is 0 Å². The Balaban J connectivity index is 2.50. The van der Waals surface area contributed by atoms with Gasteiger partial charge in [-0.1, -0.05) is 31.1 Å². The van der Waals surface area contributed by atoms with Gasteiger partial charge in [0.1, 0.15) is 0 Å². The molecule has 0 radical (unpaired) electrons. The van der Waals surface area contributed by atoms with Gasteiger partial charge in [-0.15, -0.1) is 0 Å². The van der Waals surface area contributed by atoms with E-state index in [9.17, 15) is 4.79 Å². The summed E-state index contributed by atoms with van der Waals surface area (Å²) in [6, 6.07) is 9.21. The second kappa shape index (κ2) is 6.30. The summed E-state index contributed by atoms with van der Waals surface area (Å²) >= 11 is 0. The number of nitrogens with zero attached hydrogens (tertiary/aromatic N) is 1. The number of isocyanates is 1. The number of carbonyl (C=O) groups excluding carboxylic acids is 1. The molecule has 1 aromatic carbocycles. The smallest absolute Gasteiger partial charge is 0.211 e. The molecule has 0 atom stereocenters. The van der Waals surface area contributed by atoms with Crippen molar-refractivity contribution in [2.75, 3.05) is 0 Å². The molecule has 0 saturated carbocycles. The van der Waals surface area contributed by atoms with Gasteiger partial charge in [-0.25, -0.2) is 4.79 Å². The average Bonchev–Trinajstić information content (AvgIpc) is 2.21. The number of rotatable bonds is 5. The molecular weight excluding hydrogens is 190 g/mol. The summed E-state index contributed by atoms with van der Waals surface area (Å²) in [5.74, 6) is 0. The van der Waals surface area contributed by atoms with Crippen LogP contribution < -0.4 is 0 Å². The SMILES string of the molecule is C[SiH2]CCCc1ccc(N=C=O)cc1. The van der Waals surface area contributed by atoms with E-state index in [1.165, 1.54) is 24.1 Å². The molecule has 1 rings (SSSR count). The van der Waals surface area contributed by atoms with Gasteiger partial charge in [-0.3, -0.25) is 0 Å². The fourth-order valence-corrected chi connectivity index (χ4v) is 2.12. The molecule has 0 aliphatic rings. The zero-order valence-electron chi connectivity index (χ0n) is 8.49. The molecule has 3 heteroatoms. The monoisotopic (exact) mass is 205 g/mol. The minimum absolute atomic E-state index is 0.212. The maximum absolute atomic E-state index is 9.98. The highest BCUT2D eigenvalue weighted by molar-refractivity contribution is 6.33. The Morgan fingerprint density at radius 1 is 1.36 bits per heavy atom. The summed E-state index contributed by atoms with van der Waals surface area (Å²) in [5, 5.41) is 0. The zero-order valence-corrected chi connectivity index (χ0v) is 9.91. The highest BCUT2D eigenvalue weighted by atomic mass is 28.2. The van der Waals surface area contributed by atoms with Crippen LogP contribution in [0, 0.1) is 0 Å². The van der Waals surface area contributed by atoms with E-state index < -0.39 is 0 Å². The van der Waals surface area contributed by atoms with Gasteiger partial charge in [0, 0.05) is 9.52 Å². The molecule has 2 nitrogen and oxygen atoms in total. The Morgan fingerprint density at radius 3 is 2.64 bits per heavy atom. The first-order chi connectivity index (χ1) is 6.86. The Hall–Kier alpha value is -1.18. The fourth-order valence-electron chi connectivity index (χ4n) is 1.37. The van der Waals surface area contributed by atoms with E-state index in [1.54, 1.807) is 0 Å². The molecule has 0 aliphatic carbocycles. The third-order valence-corrected chi connectivity index (χ3v) is 3.39. The molecule has 0 fully saturated rings. The average molecular weight is 205 g/mol. The quantitative estimate of drug-likeness (QED) is 0.314. The van der Waals surface area contributed by atoms with Crippen LogP contribution in [-0.4, -0.2) is 15.6 Å². The topological polar surface area (TPSA) is 29.4 Å². The highest BCUT2D eigenvalue weighted by Gasteiger charge is 1.93. The Bertz CT molecular complexity index is 315. The van der Waals surface area contributed by atoms with Crippen molar-refractivity contribution >= 4 is 21.3 Å². The van der Waals surface area contributed by atoms with Crippen LogP contribution in [0.5, 0.6) is 0 Å². The molecule has 14 heavy (non-hydrogen) atoms. The first-order valence-corrected chi connectivity index (χ1v) is 7.45. The molecule has 0 saturated heterocycles. The minimum Gasteiger partial charge on any atom is -0.211 e. The Morgan fingerprint density at radius 2 is 2.07 bits per heavy atom. The third kappa shape index (κ3) is 3.69. The predicted molar refractivity (Wildman–Crippen MR) is 61.8 cm³/mol. The second-order valence-electron chi connectivity index (χ2n) is 3.33. The van der Waals surface area contributed by atoms with Gasteiger partial charge < -0.3 is 0 Å². The van der Waals surface area contributed by atoms with Crippen LogP contribution in [0.2, 0.25) is 12.6 Å². The van der Waals surface area contributed by atoms with E-state index in [-0.39, 0.29) is 9.52 Å². The van der Waals surface area contributed by atoms with E-state index in [0.717, 1.165) is 6.42 Å². The molecule has 0 heterocycles. The van der Waals surface area contributed by atoms with E-state index in [1.807, 2.05) is 24.3 Å². The van der Waals surface area contributed by atoms with Gasteiger partial charge in [0.05, 0.1) is 5.69 Å². The second-order valence-corrected chi connectivity index (χ2v) is 5.03. The lowest BCUT2D eigenvalue weighted by molar-refractivity contribution is 0.565. The highest BCUT2D eigenvalue weighted by Crippen LogP contribution is 2.13. The maximum atomic E-state index is 9.98. The number of aliphatic imine (C=N–C) groups is 1. The molecule has 0 unspecified atom stereocenters. The molecule has 0 aromatic heterocycles. The van der Waals surface area contributed by atoms with Crippen molar-refractivity contribution in [3.05, 3.63) is 29.8 Å². The van der Waals surface area contributed by atoms with E-state index in [2.05, 4.69) is 11.5 Å². The van der Waals surface area contributed by atoms with Crippen molar-refractivity contribution in [3.63, 3.8) is 0 Å². The third-order valence-electron chi connectivity index (χ3n) is 2.18. The first-order valence-electron chi connectivity index (χ1n) is 5.03. The lowest BCUT2D eigenvalue weighted by Crippen LogP contribution is -1.87. The molecule has 74 valence electrons. The molecule has 0 N–H and O–H groups in total. The van der Waals surface area contributed by atoms with Crippen LogP contribution >= 0.6 is 0 Å². The van der Waals surface area contributed by atoms with Crippen LogP contribution in [0.25, 0.3) is 0 Å². The zero-order chi connectivity index (χ0) is 10.2. The van der Waals surface area contributed by atoms with Crippen molar-refractivity contribution in [3.8, 4) is 0 Å². The van der Waals surface area contributed by atoms with Gasteiger partial charge in [0.15, 0.2) is 0 Å².